The lowest BCUT2D eigenvalue weighted by Gasteiger charge is -2.34. The molecule has 0 amide bonds. The summed E-state index contributed by atoms with van der Waals surface area (Å²) in [5, 5.41) is 6.54. The van der Waals surface area contributed by atoms with Crippen molar-refractivity contribution < 1.29 is 13.6 Å². The van der Waals surface area contributed by atoms with E-state index in [9.17, 15) is 0 Å². The molecule has 0 spiro atoms. The molecule has 5 heteroatoms. The number of hydrogen-bond acceptors (Lipinski definition) is 5. The van der Waals surface area contributed by atoms with Crippen molar-refractivity contribution in [2.24, 2.45) is 0 Å². The number of benzene rings is 9. The van der Waals surface area contributed by atoms with Crippen molar-refractivity contribution in [2.45, 2.75) is 25.9 Å². The second-order valence-electron chi connectivity index (χ2n) is 16.9. The van der Waals surface area contributed by atoms with Gasteiger partial charge in [-0.05, 0) is 74.5 Å². The number of ether oxygens (including phenoxy) is 1. The monoisotopic (exact) mass is 812 g/mol. The van der Waals surface area contributed by atoms with Crippen LogP contribution in [0.1, 0.15) is 39.8 Å². The van der Waals surface area contributed by atoms with Crippen LogP contribution in [0, 0.1) is 13.8 Å². The molecule has 5 nitrogen and oxygen atoms in total. The maximum atomic E-state index is 7.27. The van der Waals surface area contributed by atoms with Gasteiger partial charge in [0, 0.05) is 66.3 Å². The summed E-state index contributed by atoms with van der Waals surface area (Å²) >= 11 is 0. The molecule has 2 atom stereocenters. The zero-order valence-electron chi connectivity index (χ0n) is 34.7. The summed E-state index contributed by atoms with van der Waals surface area (Å²) in [5.41, 5.74) is 15.4. The summed E-state index contributed by atoms with van der Waals surface area (Å²) in [7, 11) is 0. The summed E-state index contributed by atoms with van der Waals surface area (Å²) in [6.45, 7) is 4.27. The molecular formula is C58H40N2O3. The third-order valence-corrected chi connectivity index (χ3v) is 13.1. The Labute approximate surface area is 364 Å². The Morgan fingerprint density at radius 1 is 0.413 bits per heavy atom. The van der Waals surface area contributed by atoms with E-state index in [-0.39, 0.29) is 12.0 Å². The predicted octanol–water partition coefficient (Wildman–Crippen LogP) is 16.1. The first-order valence-corrected chi connectivity index (χ1v) is 21.6. The summed E-state index contributed by atoms with van der Waals surface area (Å²) in [4.78, 5) is 4.77. The largest absolute Gasteiger partial charge is 0.484 e. The van der Waals surface area contributed by atoms with Gasteiger partial charge in [0.2, 0.25) is 0 Å². The van der Waals surface area contributed by atoms with E-state index in [1.165, 1.54) is 11.1 Å². The van der Waals surface area contributed by atoms with Gasteiger partial charge in [-0.25, -0.2) is 0 Å². The fourth-order valence-corrected chi connectivity index (χ4v) is 10.2. The van der Waals surface area contributed by atoms with E-state index >= 15 is 0 Å². The van der Waals surface area contributed by atoms with Gasteiger partial charge in [0.05, 0.1) is 22.8 Å². The van der Waals surface area contributed by atoms with Crippen molar-refractivity contribution in [1.29, 1.82) is 0 Å². The van der Waals surface area contributed by atoms with E-state index in [1.807, 2.05) is 12.1 Å². The Balaban J connectivity index is 1.07. The molecule has 9 aromatic carbocycles. The molecule has 1 aliphatic carbocycles. The SMILES string of the molecule is Cc1ccc(N(C2=CC3c4cc(N(c5ccc(C)cc5)c5cccc6c5oc5ccccc56)c5ccccc5c4OC3c3ccccc32)c2cccc3c2oc2ccccc23)cc1. The maximum absolute atomic E-state index is 7.27. The Hall–Kier alpha value is -8.02. The average Bonchev–Trinajstić information content (AvgIpc) is 4.03. The van der Waals surface area contributed by atoms with Crippen molar-refractivity contribution >= 4 is 88.8 Å². The van der Waals surface area contributed by atoms with Crippen LogP contribution in [-0.2, 0) is 0 Å². The van der Waals surface area contributed by atoms with E-state index in [1.54, 1.807) is 0 Å². The van der Waals surface area contributed by atoms with Crippen LogP contribution >= 0.6 is 0 Å². The molecule has 0 radical (unpaired) electrons. The Kier molecular flexibility index (Phi) is 7.79. The van der Waals surface area contributed by atoms with Crippen molar-refractivity contribution in [2.75, 3.05) is 9.80 Å². The molecule has 2 unspecified atom stereocenters. The number of anilines is 5. The van der Waals surface area contributed by atoms with Crippen LogP contribution in [0.25, 0.3) is 60.3 Å². The van der Waals surface area contributed by atoms with Crippen LogP contribution < -0.4 is 14.5 Å². The number of aryl methyl sites for hydroxylation is 2. The van der Waals surface area contributed by atoms with Gasteiger partial charge >= 0.3 is 0 Å². The molecule has 300 valence electrons. The molecule has 0 saturated carbocycles. The fraction of sp³-hybridized carbons (Fsp3) is 0.0690. The molecule has 2 aliphatic rings. The molecule has 11 aromatic rings. The van der Waals surface area contributed by atoms with E-state index in [4.69, 9.17) is 13.6 Å². The standard InChI is InChI=1S/C58H40N2O3/c1-35-25-29-37(30-26-35)59(49-21-11-19-45-41-15-7-9-23-53(41)61-57(45)49)51-33-47-48-34-52(40-14-4-6-18-44(40)56(48)63-55(47)43-17-5-3-13-39(43)51)60(38-31-27-36(2)28-32-38)50-22-12-20-46-42-16-8-10-24-54(42)62-58(46)50/h3-34,47,55H,1-2H3. The van der Waals surface area contributed by atoms with Gasteiger partial charge in [0.1, 0.15) is 23.0 Å². The number of hydrogen-bond donors (Lipinski definition) is 0. The maximum Gasteiger partial charge on any atom is 0.159 e. The highest BCUT2D eigenvalue weighted by molar-refractivity contribution is 6.13. The van der Waals surface area contributed by atoms with Crippen LogP contribution in [0.5, 0.6) is 5.75 Å². The van der Waals surface area contributed by atoms with Gasteiger partial charge in [0.15, 0.2) is 11.2 Å². The second kappa shape index (κ2) is 13.7. The highest BCUT2D eigenvalue weighted by Gasteiger charge is 2.42. The van der Waals surface area contributed by atoms with Crippen LogP contribution in [0.3, 0.4) is 0 Å². The zero-order chi connectivity index (χ0) is 41.8. The van der Waals surface area contributed by atoms with Crippen molar-refractivity contribution in [1.82, 2.24) is 0 Å². The lowest BCUT2D eigenvalue weighted by molar-refractivity contribution is 0.225. The first kappa shape index (κ1) is 35.7. The minimum absolute atomic E-state index is 0.113. The van der Waals surface area contributed by atoms with E-state index < -0.39 is 0 Å². The van der Waals surface area contributed by atoms with Crippen LogP contribution in [0.4, 0.5) is 28.4 Å². The van der Waals surface area contributed by atoms with Gasteiger partial charge in [-0.1, -0.05) is 145 Å². The van der Waals surface area contributed by atoms with Crippen molar-refractivity contribution in [3.63, 3.8) is 0 Å². The molecule has 0 N–H and O–H groups in total. The normalized spacial score (nSPS) is 15.4. The molecular weight excluding hydrogens is 773 g/mol. The lowest BCUT2D eigenvalue weighted by atomic mass is 9.81. The first-order chi connectivity index (χ1) is 31.1. The highest BCUT2D eigenvalue weighted by atomic mass is 16.5. The zero-order valence-corrected chi connectivity index (χ0v) is 34.7. The van der Waals surface area contributed by atoms with E-state index in [0.29, 0.717) is 0 Å². The molecule has 0 fully saturated rings. The summed E-state index contributed by atoms with van der Waals surface area (Å²) in [6.07, 6.45) is 2.21. The topological polar surface area (TPSA) is 42.0 Å². The molecule has 2 aromatic heterocycles. The van der Waals surface area contributed by atoms with Crippen LogP contribution in [-0.4, -0.2) is 0 Å². The van der Waals surface area contributed by atoms with E-state index in [2.05, 4.69) is 206 Å². The molecule has 0 bridgehead atoms. The fourth-order valence-electron chi connectivity index (χ4n) is 10.2. The van der Waals surface area contributed by atoms with Crippen LogP contribution in [0.2, 0.25) is 0 Å². The summed E-state index contributed by atoms with van der Waals surface area (Å²) in [5.74, 6) is 0.807. The van der Waals surface area contributed by atoms with Gasteiger partial charge in [-0.3, -0.25) is 0 Å². The van der Waals surface area contributed by atoms with Gasteiger partial charge < -0.3 is 23.4 Å². The van der Waals surface area contributed by atoms with Crippen molar-refractivity contribution in [3.05, 3.63) is 222 Å². The number of fused-ring (bicyclic) bond motifs is 13. The molecule has 13 rings (SSSR count). The molecule has 0 saturated heterocycles. The summed E-state index contributed by atoms with van der Waals surface area (Å²) < 4.78 is 20.8. The van der Waals surface area contributed by atoms with Crippen LogP contribution in [0.15, 0.2) is 203 Å². The number of rotatable bonds is 6. The Bertz CT molecular complexity index is 3650. The number of para-hydroxylation sites is 4. The molecule has 1 aliphatic heterocycles. The number of furan rings is 2. The first-order valence-electron chi connectivity index (χ1n) is 21.6. The molecule has 3 heterocycles. The lowest BCUT2D eigenvalue weighted by Crippen LogP contribution is -2.23. The Morgan fingerprint density at radius 2 is 0.921 bits per heavy atom. The quantitative estimate of drug-likeness (QED) is 0.167. The van der Waals surface area contributed by atoms with Gasteiger partial charge in [-0.2, -0.15) is 0 Å². The third-order valence-electron chi connectivity index (χ3n) is 13.1. The number of nitrogens with zero attached hydrogens (tertiary/aromatic N) is 2. The third kappa shape index (κ3) is 5.42. The minimum Gasteiger partial charge on any atom is -0.484 e. The van der Waals surface area contributed by atoms with E-state index in [0.717, 1.165) is 111 Å². The minimum atomic E-state index is -0.230. The highest BCUT2D eigenvalue weighted by Crippen LogP contribution is 2.58. The average molecular weight is 813 g/mol. The molecule has 63 heavy (non-hydrogen) atoms. The van der Waals surface area contributed by atoms with Gasteiger partial charge in [-0.15, -0.1) is 0 Å². The second-order valence-corrected chi connectivity index (χ2v) is 16.9. The van der Waals surface area contributed by atoms with Gasteiger partial charge in [0.25, 0.3) is 0 Å². The van der Waals surface area contributed by atoms with Crippen molar-refractivity contribution in [3.8, 4) is 5.75 Å². The Morgan fingerprint density at radius 3 is 1.56 bits per heavy atom. The smallest absolute Gasteiger partial charge is 0.159 e. The predicted molar refractivity (Wildman–Crippen MR) is 258 cm³/mol. The summed E-state index contributed by atoms with van der Waals surface area (Å²) in [6, 6.07) is 67.0.